The Morgan fingerprint density at radius 2 is 2.00 bits per heavy atom. The van der Waals surface area contributed by atoms with Gasteiger partial charge < -0.3 is 9.52 Å². The van der Waals surface area contributed by atoms with Crippen molar-refractivity contribution in [3.8, 4) is 16.9 Å². The second-order valence-electron chi connectivity index (χ2n) is 6.50. The molecular weight excluding hydrogens is 316 g/mol. The molecule has 2 aromatic heterocycles. The lowest BCUT2D eigenvalue weighted by Gasteiger charge is -2.26. The van der Waals surface area contributed by atoms with Crippen LogP contribution in [0.25, 0.3) is 22.1 Å². The van der Waals surface area contributed by atoms with Gasteiger partial charge in [0.2, 0.25) is 0 Å². The SMILES string of the molecule is O=c1cc(-c2cccnc2)c2ccc(O)c(CN3CCCCC3)c2o1. The molecule has 1 N–H and O–H groups in total. The lowest BCUT2D eigenvalue weighted by molar-refractivity contribution is 0.218. The van der Waals surface area contributed by atoms with Crippen molar-refractivity contribution in [3.63, 3.8) is 0 Å². The molecule has 0 aliphatic carbocycles. The number of hydrogen-bond acceptors (Lipinski definition) is 5. The topological polar surface area (TPSA) is 66.6 Å². The Bertz CT molecular complexity index is 944. The standard InChI is InChI=1S/C20H20N2O3/c23-18-7-6-15-16(14-5-4-8-21-12-14)11-19(24)25-20(15)17(18)13-22-9-2-1-3-10-22/h4-8,11-12,23H,1-3,9-10,13H2. The highest BCUT2D eigenvalue weighted by Gasteiger charge is 2.18. The van der Waals surface area contributed by atoms with Crippen LogP contribution in [0.5, 0.6) is 5.75 Å². The van der Waals surface area contributed by atoms with Gasteiger partial charge in [0, 0.05) is 41.5 Å². The van der Waals surface area contributed by atoms with Gasteiger partial charge in [0.15, 0.2) is 0 Å². The average Bonchev–Trinajstić information content (AvgIpc) is 2.65. The first kappa shape index (κ1) is 15.8. The molecule has 0 saturated carbocycles. The third kappa shape index (κ3) is 3.15. The summed E-state index contributed by atoms with van der Waals surface area (Å²) in [5.74, 6) is 0.171. The van der Waals surface area contributed by atoms with Gasteiger partial charge in [-0.1, -0.05) is 12.5 Å². The Balaban J connectivity index is 1.87. The fourth-order valence-electron chi connectivity index (χ4n) is 3.53. The zero-order chi connectivity index (χ0) is 17.2. The average molecular weight is 336 g/mol. The van der Waals surface area contributed by atoms with Crippen molar-refractivity contribution in [3.05, 3.63) is 58.7 Å². The molecular formula is C20H20N2O3. The number of hydrogen-bond donors (Lipinski definition) is 1. The van der Waals surface area contributed by atoms with Gasteiger partial charge in [-0.2, -0.15) is 0 Å². The van der Waals surface area contributed by atoms with Crippen molar-refractivity contribution >= 4 is 11.0 Å². The van der Waals surface area contributed by atoms with Crippen LogP contribution in [0.1, 0.15) is 24.8 Å². The van der Waals surface area contributed by atoms with Crippen LogP contribution in [0.4, 0.5) is 0 Å². The van der Waals surface area contributed by atoms with Crippen molar-refractivity contribution in [2.45, 2.75) is 25.8 Å². The molecule has 3 heterocycles. The van der Waals surface area contributed by atoms with Crippen LogP contribution in [0.3, 0.4) is 0 Å². The summed E-state index contributed by atoms with van der Waals surface area (Å²) in [4.78, 5) is 18.6. The van der Waals surface area contributed by atoms with E-state index in [9.17, 15) is 9.90 Å². The van der Waals surface area contributed by atoms with Crippen molar-refractivity contribution in [1.29, 1.82) is 0 Å². The molecule has 0 amide bonds. The van der Waals surface area contributed by atoms with Gasteiger partial charge in [0.1, 0.15) is 11.3 Å². The molecule has 1 aliphatic rings. The molecule has 1 aliphatic heterocycles. The van der Waals surface area contributed by atoms with E-state index in [1.54, 1.807) is 24.5 Å². The molecule has 25 heavy (non-hydrogen) atoms. The number of nitrogens with zero attached hydrogens (tertiary/aromatic N) is 2. The largest absolute Gasteiger partial charge is 0.507 e. The van der Waals surface area contributed by atoms with Crippen molar-refractivity contribution in [2.24, 2.45) is 0 Å². The fourth-order valence-corrected chi connectivity index (χ4v) is 3.53. The molecule has 0 radical (unpaired) electrons. The Labute approximate surface area is 145 Å². The molecule has 128 valence electrons. The van der Waals surface area contributed by atoms with E-state index in [4.69, 9.17) is 4.42 Å². The predicted octanol–water partition coefficient (Wildman–Crippen LogP) is 3.55. The molecule has 0 unspecified atom stereocenters. The highest BCUT2D eigenvalue weighted by molar-refractivity contribution is 5.95. The Morgan fingerprint density at radius 1 is 1.16 bits per heavy atom. The van der Waals surface area contributed by atoms with E-state index in [1.165, 1.54) is 12.5 Å². The quantitative estimate of drug-likeness (QED) is 0.741. The summed E-state index contributed by atoms with van der Waals surface area (Å²) in [5.41, 5.74) is 2.37. The normalized spacial score (nSPS) is 15.5. The van der Waals surface area contributed by atoms with Crippen LogP contribution in [0.15, 0.2) is 51.9 Å². The third-order valence-electron chi connectivity index (χ3n) is 4.79. The zero-order valence-corrected chi connectivity index (χ0v) is 13.9. The lowest BCUT2D eigenvalue weighted by atomic mass is 10.00. The molecule has 1 fully saturated rings. The Kier molecular flexibility index (Phi) is 4.24. The van der Waals surface area contributed by atoms with Crippen LogP contribution in [0.2, 0.25) is 0 Å². The second-order valence-corrected chi connectivity index (χ2v) is 6.50. The van der Waals surface area contributed by atoms with Crippen molar-refractivity contribution in [2.75, 3.05) is 13.1 Å². The van der Waals surface area contributed by atoms with Gasteiger partial charge in [-0.15, -0.1) is 0 Å². The van der Waals surface area contributed by atoms with Crippen LogP contribution >= 0.6 is 0 Å². The Hall–Kier alpha value is -2.66. The van der Waals surface area contributed by atoms with E-state index in [0.717, 1.165) is 42.4 Å². The van der Waals surface area contributed by atoms with Crippen LogP contribution in [-0.2, 0) is 6.54 Å². The molecule has 4 rings (SSSR count). The monoisotopic (exact) mass is 336 g/mol. The molecule has 5 heteroatoms. The smallest absolute Gasteiger partial charge is 0.336 e. The molecule has 5 nitrogen and oxygen atoms in total. The zero-order valence-electron chi connectivity index (χ0n) is 13.9. The van der Waals surface area contributed by atoms with E-state index in [0.29, 0.717) is 17.7 Å². The summed E-state index contributed by atoms with van der Waals surface area (Å²) in [6.45, 7) is 2.59. The Morgan fingerprint density at radius 3 is 2.76 bits per heavy atom. The number of aromatic hydroxyl groups is 1. The van der Waals surface area contributed by atoms with E-state index in [-0.39, 0.29) is 5.75 Å². The summed E-state index contributed by atoms with van der Waals surface area (Å²) in [6.07, 6.45) is 7.00. The predicted molar refractivity (Wildman–Crippen MR) is 96.5 cm³/mol. The summed E-state index contributed by atoms with van der Waals surface area (Å²) < 4.78 is 5.51. The third-order valence-corrected chi connectivity index (χ3v) is 4.79. The van der Waals surface area contributed by atoms with Gasteiger partial charge in [0.05, 0.1) is 5.56 Å². The maximum Gasteiger partial charge on any atom is 0.336 e. The number of phenolic OH excluding ortho intramolecular Hbond substituents is 1. The van der Waals surface area contributed by atoms with Gasteiger partial charge in [0.25, 0.3) is 0 Å². The van der Waals surface area contributed by atoms with Gasteiger partial charge in [-0.25, -0.2) is 4.79 Å². The molecule has 3 aromatic rings. The molecule has 0 atom stereocenters. The number of rotatable bonds is 3. The number of pyridine rings is 1. The fraction of sp³-hybridized carbons (Fsp3) is 0.300. The molecule has 0 bridgehead atoms. The molecule has 1 aromatic carbocycles. The number of phenols is 1. The second kappa shape index (κ2) is 6.69. The number of aromatic nitrogens is 1. The first-order valence-electron chi connectivity index (χ1n) is 8.64. The van der Waals surface area contributed by atoms with Crippen molar-refractivity contribution in [1.82, 2.24) is 9.88 Å². The number of likely N-dealkylation sites (tertiary alicyclic amines) is 1. The summed E-state index contributed by atoms with van der Waals surface area (Å²) in [7, 11) is 0. The maximum absolute atomic E-state index is 12.2. The van der Waals surface area contributed by atoms with Crippen LogP contribution in [-0.4, -0.2) is 28.1 Å². The van der Waals surface area contributed by atoms with Crippen LogP contribution in [0, 0.1) is 0 Å². The lowest BCUT2D eigenvalue weighted by Crippen LogP contribution is -2.29. The summed E-state index contributed by atoms with van der Waals surface area (Å²) in [5, 5.41) is 11.2. The van der Waals surface area contributed by atoms with E-state index >= 15 is 0 Å². The van der Waals surface area contributed by atoms with Gasteiger partial charge in [-0.05, 0) is 44.1 Å². The number of fused-ring (bicyclic) bond motifs is 1. The van der Waals surface area contributed by atoms with E-state index in [1.807, 2.05) is 12.1 Å². The minimum Gasteiger partial charge on any atom is -0.507 e. The van der Waals surface area contributed by atoms with Crippen LogP contribution < -0.4 is 5.63 Å². The van der Waals surface area contributed by atoms with Gasteiger partial charge >= 0.3 is 5.63 Å². The maximum atomic E-state index is 12.2. The summed E-state index contributed by atoms with van der Waals surface area (Å²) >= 11 is 0. The first-order valence-corrected chi connectivity index (χ1v) is 8.64. The van der Waals surface area contributed by atoms with Gasteiger partial charge in [-0.3, -0.25) is 9.88 Å². The number of benzene rings is 1. The van der Waals surface area contributed by atoms with E-state index in [2.05, 4.69) is 9.88 Å². The minimum absolute atomic E-state index is 0.171. The summed E-state index contributed by atoms with van der Waals surface area (Å²) in [6, 6.07) is 8.72. The number of piperidine rings is 1. The molecule has 1 saturated heterocycles. The van der Waals surface area contributed by atoms with Crippen molar-refractivity contribution < 1.29 is 9.52 Å². The minimum atomic E-state index is -0.420. The molecule has 0 spiro atoms. The van der Waals surface area contributed by atoms with E-state index < -0.39 is 5.63 Å². The highest BCUT2D eigenvalue weighted by Crippen LogP contribution is 2.33. The highest BCUT2D eigenvalue weighted by atomic mass is 16.4. The first-order chi connectivity index (χ1) is 12.2.